The number of rotatable bonds is 0. The van der Waals surface area contributed by atoms with E-state index >= 15 is 0 Å². The van der Waals surface area contributed by atoms with Crippen molar-refractivity contribution in [3.63, 3.8) is 0 Å². The number of fused-ring (bicyclic) bond motifs is 4. The molecule has 1 aliphatic rings. The average Bonchev–Trinajstić information content (AvgIpc) is 2.83. The van der Waals surface area contributed by atoms with E-state index in [1.54, 1.807) is 37.0 Å². The molecule has 1 aliphatic heterocycles. The van der Waals surface area contributed by atoms with Gasteiger partial charge in [0.05, 0.1) is 12.1 Å². The van der Waals surface area contributed by atoms with Gasteiger partial charge < -0.3 is 10.2 Å². The molecule has 10 heteroatoms. The van der Waals surface area contributed by atoms with Crippen LogP contribution in [0.25, 0.3) is 0 Å². The Morgan fingerprint density at radius 3 is 1.03 bits per heavy atom. The molecule has 0 unspecified atom stereocenters. The van der Waals surface area contributed by atoms with Crippen LogP contribution < -0.4 is 0 Å². The number of phenolic OH excluding ortho intramolecular Hbond substituents is 2. The fraction of sp³-hybridized carbons (Fsp3) is 0.357. The van der Waals surface area contributed by atoms with E-state index in [9.17, 15) is 10.2 Å². The average molecular weight is 652 g/mol. The van der Waals surface area contributed by atoms with Crippen molar-refractivity contribution >= 4 is 24.9 Å². The molecule has 2 aromatic carbocycles. The van der Waals surface area contributed by atoms with Crippen molar-refractivity contribution in [2.24, 2.45) is 20.0 Å². The fourth-order valence-electron chi connectivity index (χ4n) is 3.22. The van der Waals surface area contributed by atoms with Crippen molar-refractivity contribution in [2.45, 2.75) is 40.5 Å². The number of hydrogen-bond donors (Lipinski definition) is 2. The van der Waals surface area contributed by atoms with E-state index in [2.05, 4.69) is 20.0 Å². The number of nitriles is 2. The molecule has 3 rings (SSSR count). The Bertz CT molecular complexity index is 1030. The monoisotopic (exact) mass is 650 g/mol. The predicted octanol–water partition coefficient (Wildman–Crippen LogP) is 4.94. The number of aryl methyl sites for hydroxylation is 2. The molecule has 0 aliphatic carbocycles. The molecular weight excluding hydrogens is 617 g/mol. The minimum absolute atomic E-state index is 0. The topological polar surface area (TPSA) is 137 Å². The van der Waals surface area contributed by atoms with E-state index in [4.69, 9.17) is 10.5 Å². The molecule has 0 amide bonds. The van der Waals surface area contributed by atoms with Crippen LogP contribution >= 0.6 is 0 Å². The molecule has 0 saturated carbocycles. The van der Waals surface area contributed by atoms with Crippen LogP contribution in [-0.2, 0) is 36.9 Å². The molecule has 2 aromatic rings. The SMILES string of the molecule is CC#N.CC#N.Cc1cc2c(O)c(c1)C=NCCCN=Cc1cc(C)cc(c1O)C=NCCCN=C2.[Ni].[Pd]. The van der Waals surface area contributed by atoms with Crippen LogP contribution in [-0.4, -0.2) is 61.3 Å². The van der Waals surface area contributed by atoms with Crippen molar-refractivity contribution in [3.05, 3.63) is 57.6 Å². The van der Waals surface area contributed by atoms with E-state index in [0.717, 1.165) is 24.0 Å². The van der Waals surface area contributed by atoms with Crippen LogP contribution in [0.2, 0.25) is 0 Å². The third-order valence-electron chi connectivity index (χ3n) is 4.70. The summed E-state index contributed by atoms with van der Waals surface area (Å²) < 4.78 is 0. The number of nitrogens with zero attached hydrogens (tertiary/aromatic N) is 6. The Kier molecular flexibility index (Phi) is 21.3. The molecule has 2 N–H and O–H groups in total. The second-order valence-electron chi connectivity index (χ2n) is 7.88. The van der Waals surface area contributed by atoms with Crippen molar-refractivity contribution in [2.75, 3.05) is 26.2 Å². The van der Waals surface area contributed by atoms with Crippen molar-refractivity contribution in [1.29, 1.82) is 10.5 Å². The van der Waals surface area contributed by atoms with E-state index < -0.39 is 0 Å². The largest absolute Gasteiger partial charge is 0.507 e. The van der Waals surface area contributed by atoms with Gasteiger partial charge in [0.25, 0.3) is 0 Å². The molecule has 0 radical (unpaired) electrons. The Labute approximate surface area is 249 Å². The van der Waals surface area contributed by atoms with Gasteiger partial charge in [0.1, 0.15) is 11.5 Å². The molecule has 0 spiro atoms. The maximum atomic E-state index is 10.5. The summed E-state index contributed by atoms with van der Waals surface area (Å²) in [6.07, 6.45) is 8.36. The van der Waals surface area contributed by atoms with Gasteiger partial charge in [-0.25, -0.2) is 0 Å². The van der Waals surface area contributed by atoms with Gasteiger partial charge in [0.15, 0.2) is 0 Å². The van der Waals surface area contributed by atoms with Gasteiger partial charge in [-0.05, 0) is 62.1 Å². The summed E-state index contributed by atoms with van der Waals surface area (Å²) in [7, 11) is 0. The quantitative estimate of drug-likeness (QED) is 0.390. The summed E-state index contributed by atoms with van der Waals surface area (Å²) in [6.45, 7) is 9.25. The molecule has 0 atom stereocenters. The molecule has 8 nitrogen and oxygen atoms in total. The molecule has 208 valence electrons. The first-order valence-corrected chi connectivity index (χ1v) is 11.7. The minimum atomic E-state index is 0. The number of aromatic hydroxyl groups is 2. The summed E-state index contributed by atoms with van der Waals surface area (Å²) in [5.41, 5.74) is 4.85. The summed E-state index contributed by atoms with van der Waals surface area (Å²) in [5.74, 6) is 0.394. The second-order valence-corrected chi connectivity index (χ2v) is 7.88. The Morgan fingerprint density at radius 1 is 0.605 bits per heavy atom. The second kappa shape index (κ2) is 21.9. The number of aliphatic imine (C=N–C) groups is 4. The summed E-state index contributed by atoms with van der Waals surface area (Å²) in [6, 6.07) is 11.1. The molecule has 38 heavy (non-hydrogen) atoms. The van der Waals surface area contributed by atoms with Gasteiger partial charge in [0, 0.05) is 124 Å². The molecule has 0 aromatic heterocycles. The molecule has 0 saturated heterocycles. The predicted molar refractivity (Wildman–Crippen MR) is 147 cm³/mol. The van der Waals surface area contributed by atoms with Crippen molar-refractivity contribution in [3.8, 4) is 23.6 Å². The number of benzene rings is 2. The van der Waals surface area contributed by atoms with Gasteiger partial charge in [-0.2, -0.15) is 10.5 Å². The van der Waals surface area contributed by atoms with Gasteiger partial charge >= 0.3 is 0 Å². The first-order valence-electron chi connectivity index (χ1n) is 11.7. The third-order valence-corrected chi connectivity index (χ3v) is 4.70. The summed E-state index contributed by atoms with van der Waals surface area (Å²) in [4.78, 5) is 17.7. The van der Waals surface area contributed by atoms with Gasteiger partial charge in [-0.3, -0.25) is 20.0 Å². The van der Waals surface area contributed by atoms with Crippen molar-refractivity contribution < 1.29 is 47.1 Å². The standard InChI is InChI=1S/C24H28N4O2.2C2H3N.Ni.Pd/c1-17-9-19-13-25-5-3-7-27-15-21-11-18(2)12-22(24(21)30)16-28-8-4-6-26-14-20(10-17)23(19)29;2*1-2-3;;/h9-16,29-30H,3-8H2,1-2H3;2*1H3;;. The first kappa shape index (κ1) is 37.0. The van der Waals surface area contributed by atoms with E-state index in [1.165, 1.54) is 13.8 Å². The Balaban J connectivity index is 0. The van der Waals surface area contributed by atoms with Crippen LogP contribution in [0.3, 0.4) is 0 Å². The van der Waals surface area contributed by atoms with Crippen molar-refractivity contribution in [1.82, 2.24) is 0 Å². The van der Waals surface area contributed by atoms with Gasteiger partial charge in [-0.1, -0.05) is 0 Å². The van der Waals surface area contributed by atoms with E-state index in [-0.39, 0.29) is 48.4 Å². The maximum Gasteiger partial charge on any atom is 0.133 e. The van der Waals surface area contributed by atoms with Crippen LogP contribution in [0.1, 0.15) is 60.1 Å². The maximum absolute atomic E-state index is 10.5. The smallest absolute Gasteiger partial charge is 0.133 e. The summed E-state index contributed by atoms with van der Waals surface area (Å²) in [5, 5.41) is 35.6. The zero-order valence-electron chi connectivity index (χ0n) is 22.1. The molecule has 1 heterocycles. The minimum Gasteiger partial charge on any atom is -0.507 e. The normalized spacial score (nSPS) is 12.5. The van der Waals surface area contributed by atoms with Gasteiger partial charge in [0.2, 0.25) is 0 Å². The number of phenols is 2. The van der Waals surface area contributed by atoms with Crippen LogP contribution in [0.4, 0.5) is 0 Å². The van der Waals surface area contributed by atoms with Crippen LogP contribution in [0.5, 0.6) is 11.5 Å². The Hall–Kier alpha value is -3.14. The first-order chi connectivity index (χ1) is 17.4. The third kappa shape index (κ3) is 14.0. The summed E-state index contributed by atoms with van der Waals surface area (Å²) >= 11 is 0. The number of hydrogen-bond acceptors (Lipinski definition) is 8. The zero-order valence-corrected chi connectivity index (χ0v) is 24.6. The van der Waals surface area contributed by atoms with Gasteiger partial charge in [-0.15, -0.1) is 0 Å². The Morgan fingerprint density at radius 2 is 0.816 bits per heavy atom. The fourth-order valence-corrected chi connectivity index (χ4v) is 3.22. The van der Waals surface area contributed by atoms with E-state index in [0.29, 0.717) is 48.4 Å². The molecule has 4 bridgehead atoms. The van der Waals surface area contributed by atoms with E-state index in [1.807, 2.05) is 38.1 Å². The zero-order chi connectivity index (χ0) is 26.8. The van der Waals surface area contributed by atoms with Crippen LogP contribution in [0, 0.1) is 36.5 Å². The van der Waals surface area contributed by atoms with Crippen LogP contribution in [0.15, 0.2) is 44.2 Å². The molecular formula is C28H34N6NiO2Pd. The molecule has 0 fully saturated rings.